The van der Waals surface area contributed by atoms with Crippen molar-refractivity contribution in [2.24, 2.45) is 11.8 Å². The first-order valence-corrected chi connectivity index (χ1v) is 5.96. The number of nitrogens with zero attached hydrogens (tertiary/aromatic N) is 1. The molecule has 2 atom stereocenters. The highest BCUT2D eigenvalue weighted by atomic mass is 15.7. The maximum Gasteiger partial charge on any atom is 0.0396 e. The Morgan fingerprint density at radius 2 is 1.86 bits per heavy atom. The fourth-order valence-corrected chi connectivity index (χ4v) is 3.67. The molecule has 0 aromatic rings. The topological polar surface area (TPSA) is 41.3 Å². The third kappa shape index (κ3) is 1.38. The second-order valence-corrected chi connectivity index (χ2v) is 5.15. The Labute approximate surface area is 87.0 Å². The van der Waals surface area contributed by atoms with Crippen molar-refractivity contribution in [2.45, 2.75) is 64.0 Å². The zero-order valence-electron chi connectivity index (χ0n) is 9.42. The minimum Gasteiger partial charge on any atom is -0.258 e. The van der Waals surface area contributed by atoms with E-state index in [-0.39, 0.29) is 0 Å². The Bertz CT molecular complexity index is 199. The molecule has 1 heterocycles. The smallest absolute Gasteiger partial charge is 0.0396 e. The summed E-state index contributed by atoms with van der Waals surface area (Å²) < 4.78 is 0. The number of hydrogen-bond acceptors (Lipinski definition) is 3. The summed E-state index contributed by atoms with van der Waals surface area (Å²) in [6.07, 6.45) is 8.07. The zero-order chi connectivity index (χ0) is 10.2. The normalized spacial score (nSPS) is 37.9. The molecular formula is C11H23N3. The van der Waals surface area contributed by atoms with Gasteiger partial charge in [0.1, 0.15) is 0 Å². The van der Waals surface area contributed by atoms with Crippen LogP contribution in [0, 0.1) is 5.92 Å². The summed E-state index contributed by atoms with van der Waals surface area (Å²) in [6.45, 7) is 4.67. The molecule has 2 rings (SSSR count). The maximum atomic E-state index is 5.67. The first-order chi connectivity index (χ1) is 6.70. The van der Waals surface area contributed by atoms with Crippen molar-refractivity contribution in [1.82, 2.24) is 10.5 Å². The van der Waals surface area contributed by atoms with Crippen LogP contribution in [0.5, 0.6) is 0 Å². The van der Waals surface area contributed by atoms with Crippen molar-refractivity contribution >= 4 is 0 Å². The van der Waals surface area contributed by atoms with E-state index in [0.717, 1.165) is 5.92 Å². The van der Waals surface area contributed by atoms with E-state index in [1.54, 1.807) is 0 Å². The highest BCUT2D eigenvalue weighted by molar-refractivity contribution is 5.02. The van der Waals surface area contributed by atoms with Gasteiger partial charge in [-0.2, -0.15) is 5.53 Å². The van der Waals surface area contributed by atoms with Crippen molar-refractivity contribution < 1.29 is 0 Å². The van der Waals surface area contributed by atoms with Crippen LogP contribution in [-0.4, -0.2) is 16.6 Å². The molecule has 82 valence electrons. The third-order valence-corrected chi connectivity index (χ3v) is 4.39. The van der Waals surface area contributed by atoms with Gasteiger partial charge in [0.25, 0.3) is 0 Å². The molecule has 2 fully saturated rings. The Kier molecular flexibility index (Phi) is 2.82. The number of nitrogens with one attached hydrogen (secondary N) is 1. The van der Waals surface area contributed by atoms with Crippen LogP contribution in [0.25, 0.3) is 0 Å². The van der Waals surface area contributed by atoms with E-state index < -0.39 is 0 Å². The lowest BCUT2D eigenvalue weighted by atomic mass is 9.74. The molecule has 2 unspecified atom stereocenters. The summed E-state index contributed by atoms with van der Waals surface area (Å²) in [4.78, 5) is 0. The SMILES string of the molecule is CC1CC(C)C2(CCCCC2)N1NN. The molecule has 1 aliphatic carbocycles. The highest BCUT2D eigenvalue weighted by Crippen LogP contribution is 2.46. The first kappa shape index (κ1) is 10.4. The van der Waals surface area contributed by atoms with Gasteiger partial charge < -0.3 is 0 Å². The van der Waals surface area contributed by atoms with Crippen LogP contribution in [0.3, 0.4) is 0 Å². The lowest BCUT2D eigenvalue weighted by Crippen LogP contribution is -2.59. The van der Waals surface area contributed by atoms with Gasteiger partial charge in [-0.05, 0) is 32.1 Å². The molecule has 14 heavy (non-hydrogen) atoms. The summed E-state index contributed by atoms with van der Waals surface area (Å²) in [5.41, 5.74) is 3.31. The van der Waals surface area contributed by atoms with Gasteiger partial charge in [-0.25, -0.2) is 5.01 Å². The van der Waals surface area contributed by atoms with Gasteiger partial charge in [0.05, 0.1) is 0 Å². The van der Waals surface area contributed by atoms with Gasteiger partial charge in [-0.3, -0.25) is 5.84 Å². The van der Waals surface area contributed by atoms with Crippen molar-refractivity contribution in [3.8, 4) is 0 Å². The highest BCUT2D eigenvalue weighted by Gasteiger charge is 2.49. The monoisotopic (exact) mass is 197 g/mol. The van der Waals surface area contributed by atoms with Gasteiger partial charge >= 0.3 is 0 Å². The van der Waals surface area contributed by atoms with Gasteiger partial charge in [-0.1, -0.05) is 26.2 Å². The summed E-state index contributed by atoms with van der Waals surface area (Å²) in [5, 5.41) is 2.33. The Balaban J connectivity index is 2.20. The van der Waals surface area contributed by atoms with Crippen LogP contribution in [0.4, 0.5) is 0 Å². The molecule has 1 spiro atoms. The average Bonchev–Trinajstić information content (AvgIpc) is 2.40. The van der Waals surface area contributed by atoms with Crippen LogP contribution in [-0.2, 0) is 0 Å². The van der Waals surface area contributed by atoms with Crippen molar-refractivity contribution in [1.29, 1.82) is 0 Å². The second-order valence-electron chi connectivity index (χ2n) is 5.15. The predicted molar refractivity (Wildman–Crippen MR) is 58.2 cm³/mol. The first-order valence-electron chi connectivity index (χ1n) is 5.96. The quantitative estimate of drug-likeness (QED) is 0.497. The maximum absolute atomic E-state index is 5.67. The van der Waals surface area contributed by atoms with E-state index >= 15 is 0 Å². The van der Waals surface area contributed by atoms with Crippen LogP contribution in [0.1, 0.15) is 52.4 Å². The molecule has 1 saturated heterocycles. The molecule has 1 saturated carbocycles. The molecule has 3 N–H and O–H groups in total. The predicted octanol–water partition coefficient (Wildman–Crippen LogP) is 1.80. The fraction of sp³-hybridized carbons (Fsp3) is 1.00. The Morgan fingerprint density at radius 1 is 1.21 bits per heavy atom. The molecule has 0 aromatic heterocycles. The number of nitrogens with two attached hydrogens (primary N) is 1. The average molecular weight is 197 g/mol. The second kappa shape index (κ2) is 3.80. The Hall–Kier alpha value is -0.120. The van der Waals surface area contributed by atoms with E-state index in [1.807, 2.05) is 0 Å². The van der Waals surface area contributed by atoms with Gasteiger partial charge in [0.15, 0.2) is 0 Å². The standard InChI is InChI=1S/C11H23N3/c1-9-8-10(2)14(13-12)11(9)6-4-3-5-7-11/h9-10,13H,3-8,12H2,1-2H3. The third-order valence-electron chi connectivity index (χ3n) is 4.39. The number of rotatable bonds is 1. The molecule has 2 aliphatic rings. The van der Waals surface area contributed by atoms with Crippen molar-refractivity contribution in [3.63, 3.8) is 0 Å². The zero-order valence-corrected chi connectivity index (χ0v) is 9.42. The summed E-state index contributed by atoms with van der Waals surface area (Å²) in [5.74, 6) is 6.45. The van der Waals surface area contributed by atoms with E-state index in [9.17, 15) is 0 Å². The van der Waals surface area contributed by atoms with Crippen LogP contribution >= 0.6 is 0 Å². The van der Waals surface area contributed by atoms with Crippen molar-refractivity contribution in [3.05, 3.63) is 0 Å². The number of hydrogen-bond donors (Lipinski definition) is 2. The van der Waals surface area contributed by atoms with Crippen LogP contribution < -0.4 is 11.4 Å². The lowest BCUT2D eigenvalue weighted by Gasteiger charge is -2.44. The van der Waals surface area contributed by atoms with Crippen LogP contribution in [0.15, 0.2) is 0 Å². The van der Waals surface area contributed by atoms with Gasteiger partial charge in [-0.15, -0.1) is 0 Å². The van der Waals surface area contributed by atoms with E-state index in [4.69, 9.17) is 5.84 Å². The molecule has 0 bridgehead atoms. The summed E-state index contributed by atoms with van der Waals surface area (Å²) in [6, 6.07) is 0.591. The lowest BCUT2D eigenvalue weighted by molar-refractivity contribution is -0.0000761. The summed E-state index contributed by atoms with van der Waals surface area (Å²) >= 11 is 0. The minimum absolute atomic E-state index is 0.367. The van der Waals surface area contributed by atoms with E-state index in [2.05, 4.69) is 24.4 Å². The van der Waals surface area contributed by atoms with E-state index in [1.165, 1.54) is 38.5 Å². The molecule has 3 heteroatoms. The molecule has 0 radical (unpaired) electrons. The van der Waals surface area contributed by atoms with E-state index in [0.29, 0.717) is 11.6 Å². The molecule has 1 aliphatic heterocycles. The largest absolute Gasteiger partial charge is 0.258 e. The minimum atomic E-state index is 0.367. The van der Waals surface area contributed by atoms with Gasteiger partial charge in [0.2, 0.25) is 0 Å². The van der Waals surface area contributed by atoms with Crippen LogP contribution in [0.2, 0.25) is 0 Å². The molecule has 3 nitrogen and oxygen atoms in total. The fourth-order valence-electron chi connectivity index (χ4n) is 3.67. The Morgan fingerprint density at radius 3 is 2.43 bits per heavy atom. The number of hydrazine groups is 2. The molecular weight excluding hydrogens is 174 g/mol. The molecule has 0 aromatic carbocycles. The van der Waals surface area contributed by atoms with Crippen molar-refractivity contribution in [2.75, 3.05) is 0 Å². The molecule has 0 amide bonds. The van der Waals surface area contributed by atoms with Gasteiger partial charge in [0, 0.05) is 11.6 Å². The summed E-state index contributed by atoms with van der Waals surface area (Å²) in [7, 11) is 0.